The molecule has 3 nitrogen and oxygen atoms in total. The second-order valence-electron chi connectivity index (χ2n) is 6.73. The number of unbranched alkanes of at least 4 members (excludes halogenated alkanes) is 6. The van der Waals surface area contributed by atoms with Gasteiger partial charge in [-0.25, -0.2) is 0 Å². The molecule has 0 aliphatic carbocycles. The minimum atomic E-state index is 0.0189. The Hall–Kier alpha value is -1.61. The van der Waals surface area contributed by atoms with Gasteiger partial charge in [-0.05, 0) is 44.9 Å². The van der Waals surface area contributed by atoms with Gasteiger partial charge in [0, 0.05) is 13.0 Å². The molecule has 27 heavy (non-hydrogen) atoms. The number of carbonyl (C=O) groups is 1. The number of amides is 1. The second kappa shape index (κ2) is 22.4. The fraction of sp³-hybridized carbons (Fsp3) is 0.625. The van der Waals surface area contributed by atoms with Crippen LogP contribution in [0.15, 0.2) is 48.6 Å². The molecule has 0 spiro atoms. The van der Waals surface area contributed by atoms with Crippen molar-refractivity contribution in [2.45, 2.75) is 84.0 Å². The van der Waals surface area contributed by atoms with Crippen LogP contribution in [0.2, 0.25) is 0 Å². The summed E-state index contributed by atoms with van der Waals surface area (Å²) >= 11 is 0. The van der Waals surface area contributed by atoms with E-state index in [1.807, 2.05) is 0 Å². The van der Waals surface area contributed by atoms with Gasteiger partial charge in [0.1, 0.15) is 0 Å². The summed E-state index contributed by atoms with van der Waals surface area (Å²) in [7, 11) is 0. The maximum absolute atomic E-state index is 11.3. The molecule has 0 aromatic rings. The molecule has 0 aliphatic heterocycles. The highest BCUT2D eigenvalue weighted by Crippen LogP contribution is 2.09. The van der Waals surface area contributed by atoms with Crippen molar-refractivity contribution in [3.8, 4) is 0 Å². The summed E-state index contributed by atoms with van der Waals surface area (Å²) in [6.45, 7) is 2.55. The first kappa shape index (κ1) is 25.4. The minimum Gasteiger partial charge on any atom is -0.395 e. The molecule has 0 fully saturated rings. The molecule has 0 unspecified atom stereocenters. The summed E-state index contributed by atoms with van der Waals surface area (Å²) in [4.78, 5) is 11.3. The Kier molecular flexibility index (Phi) is 21.1. The Morgan fingerprint density at radius 1 is 0.741 bits per heavy atom. The Morgan fingerprint density at radius 3 is 1.85 bits per heavy atom. The van der Waals surface area contributed by atoms with Crippen LogP contribution in [0, 0.1) is 0 Å². The van der Waals surface area contributed by atoms with E-state index >= 15 is 0 Å². The molecule has 0 heterocycles. The molecule has 3 heteroatoms. The van der Waals surface area contributed by atoms with E-state index in [0.717, 1.165) is 38.5 Å². The van der Waals surface area contributed by atoms with Crippen LogP contribution < -0.4 is 5.32 Å². The zero-order valence-corrected chi connectivity index (χ0v) is 17.4. The molecular weight excluding hydrogens is 334 g/mol. The number of aliphatic hydroxyl groups is 1. The number of allylic oxidation sites excluding steroid dienone is 8. The molecule has 1 amide bonds. The van der Waals surface area contributed by atoms with Crippen LogP contribution in [0.25, 0.3) is 0 Å². The Morgan fingerprint density at radius 2 is 1.26 bits per heavy atom. The highest BCUT2D eigenvalue weighted by Gasteiger charge is 1.99. The lowest BCUT2D eigenvalue weighted by atomic mass is 10.1. The first-order chi connectivity index (χ1) is 13.3. The largest absolute Gasteiger partial charge is 0.395 e. The fourth-order valence-electron chi connectivity index (χ4n) is 2.64. The van der Waals surface area contributed by atoms with Crippen molar-refractivity contribution in [3.05, 3.63) is 48.6 Å². The van der Waals surface area contributed by atoms with Crippen LogP contribution in [-0.4, -0.2) is 24.2 Å². The molecule has 0 radical (unpaired) electrons. The quantitative estimate of drug-likeness (QED) is 0.227. The van der Waals surface area contributed by atoms with Crippen molar-refractivity contribution in [1.82, 2.24) is 5.32 Å². The van der Waals surface area contributed by atoms with Gasteiger partial charge in [-0.15, -0.1) is 0 Å². The van der Waals surface area contributed by atoms with E-state index in [4.69, 9.17) is 5.11 Å². The number of carbonyl (C=O) groups excluding carboxylic acids is 1. The molecule has 0 aliphatic rings. The van der Waals surface area contributed by atoms with Gasteiger partial charge in [0.2, 0.25) is 5.91 Å². The minimum absolute atomic E-state index is 0.0189. The fourth-order valence-corrected chi connectivity index (χ4v) is 2.64. The Bertz CT molecular complexity index is 436. The van der Waals surface area contributed by atoms with Crippen LogP contribution in [0.1, 0.15) is 84.0 Å². The molecule has 154 valence electrons. The zero-order valence-electron chi connectivity index (χ0n) is 17.4. The van der Waals surface area contributed by atoms with Gasteiger partial charge in [0.25, 0.3) is 0 Å². The lowest BCUT2D eigenvalue weighted by Crippen LogP contribution is -2.25. The third-order valence-corrected chi connectivity index (χ3v) is 4.18. The van der Waals surface area contributed by atoms with E-state index < -0.39 is 0 Å². The van der Waals surface area contributed by atoms with E-state index in [0.29, 0.717) is 13.0 Å². The molecule has 0 rings (SSSR count). The van der Waals surface area contributed by atoms with Gasteiger partial charge in [0.05, 0.1) is 6.61 Å². The van der Waals surface area contributed by atoms with E-state index in [9.17, 15) is 4.79 Å². The van der Waals surface area contributed by atoms with Crippen molar-refractivity contribution in [2.24, 2.45) is 0 Å². The second-order valence-corrected chi connectivity index (χ2v) is 6.73. The molecule has 0 saturated heterocycles. The predicted octanol–water partition coefficient (Wildman–Crippen LogP) is 6.02. The first-order valence-corrected chi connectivity index (χ1v) is 10.8. The van der Waals surface area contributed by atoms with Gasteiger partial charge in [-0.3, -0.25) is 4.79 Å². The molecule has 0 aromatic carbocycles. The third kappa shape index (κ3) is 22.3. The third-order valence-electron chi connectivity index (χ3n) is 4.18. The highest BCUT2D eigenvalue weighted by atomic mass is 16.3. The molecule has 0 bridgehead atoms. The standard InChI is InChI=1S/C24H41NO2/c1-2-3-4-5-6-7-8-9-10-11-12-13-14-15-16-17-18-19-20-21-24(27)25-22-23-26/h3-4,6-7,9-10,12-13,26H,2,5,8,11,14-23H2,1H3,(H,25,27)/b4-3-,7-6-,10-9-,13-12-. The summed E-state index contributed by atoms with van der Waals surface area (Å²) < 4.78 is 0. The Balaban J connectivity index is 3.32. The molecule has 0 atom stereocenters. The SMILES string of the molecule is CC/C=C\C/C=C\C/C=C\C/C=C\CCCCCCCCC(=O)NCCO. The molecule has 2 N–H and O–H groups in total. The van der Waals surface area contributed by atoms with Gasteiger partial charge in [0.15, 0.2) is 0 Å². The summed E-state index contributed by atoms with van der Waals surface area (Å²) in [5.74, 6) is 0.0587. The monoisotopic (exact) mass is 375 g/mol. The van der Waals surface area contributed by atoms with Crippen LogP contribution >= 0.6 is 0 Å². The lowest BCUT2D eigenvalue weighted by molar-refractivity contribution is -0.121. The number of aliphatic hydroxyl groups excluding tert-OH is 1. The van der Waals surface area contributed by atoms with Crippen LogP contribution in [0.3, 0.4) is 0 Å². The summed E-state index contributed by atoms with van der Waals surface area (Å²) in [6, 6.07) is 0. The average Bonchev–Trinajstić information content (AvgIpc) is 2.68. The average molecular weight is 376 g/mol. The summed E-state index contributed by atoms with van der Waals surface area (Å²) in [6.07, 6.45) is 30.9. The predicted molar refractivity (Wildman–Crippen MR) is 118 cm³/mol. The molecular formula is C24H41NO2. The van der Waals surface area contributed by atoms with E-state index in [1.54, 1.807) is 0 Å². The highest BCUT2D eigenvalue weighted by molar-refractivity contribution is 5.75. The smallest absolute Gasteiger partial charge is 0.220 e. The maximum atomic E-state index is 11.3. The van der Waals surface area contributed by atoms with Gasteiger partial charge < -0.3 is 10.4 Å². The first-order valence-electron chi connectivity index (χ1n) is 10.8. The number of hydrogen-bond donors (Lipinski definition) is 2. The molecule has 0 saturated carbocycles. The normalized spacial score (nSPS) is 12.2. The van der Waals surface area contributed by atoms with Gasteiger partial charge >= 0.3 is 0 Å². The summed E-state index contributed by atoms with van der Waals surface area (Å²) in [5, 5.41) is 11.3. The van der Waals surface area contributed by atoms with Crippen LogP contribution in [0.4, 0.5) is 0 Å². The van der Waals surface area contributed by atoms with Gasteiger partial charge in [-0.2, -0.15) is 0 Å². The van der Waals surface area contributed by atoms with E-state index in [1.165, 1.54) is 32.1 Å². The number of nitrogens with one attached hydrogen (secondary N) is 1. The lowest BCUT2D eigenvalue weighted by Gasteiger charge is -2.03. The maximum Gasteiger partial charge on any atom is 0.220 e. The Labute approximate surface area is 167 Å². The van der Waals surface area contributed by atoms with Crippen molar-refractivity contribution in [1.29, 1.82) is 0 Å². The van der Waals surface area contributed by atoms with Crippen molar-refractivity contribution >= 4 is 5.91 Å². The number of rotatable bonds is 18. The van der Waals surface area contributed by atoms with E-state index in [2.05, 4.69) is 60.8 Å². The van der Waals surface area contributed by atoms with Crippen molar-refractivity contribution in [3.63, 3.8) is 0 Å². The zero-order chi connectivity index (χ0) is 19.8. The summed E-state index contributed by atoms with van der Waals surface area (Å²) in [5.41, 5.74) is 0. The molecule has 0 aromatic heterocycles. The van der Waals surface area contributed by atoms with Gasteiger partial charge in [-0.1, -0.05) is 81.2 Å². The van der Waals surface area contributed by atoms with Crippen molar-refractivity contribution in [2.75, 3.05) is 13.2 Å². The van der Waals surface area contributed by atoms with Crippen LogP contribution in [-0.2, 0) is 4.79 Å². The van der Waals surface area contributed by atoms with Crippen LogP contribution in [0.5, 0.6) is 0 Å². The topological polar surface area (TPSA) is 49.3 Å². The van der Waals surface area contributed by atoms with Crippen molar-refractivity contribution < 1.29 is 9.90 Å². The number of hydrogen-bond acceptors (Lipinski definition) is 2. The van der Waals surface area contributed by atoms with E-state index in [-0.39, 0.29) is 12.5 Å².